The van der Waals surface area contributed by atoms with Crippen molar-refractivity contribution in [3.8, 4) is 17.2 Å². The highest BCUT2D eigenvalue weighted by molar-refractivity contribution is 5.88. The zero-order valence-corrected chi connectivity index (χ0v) is 12.3. The summed E-state index contributed by atoms with van der Waals surface area (Å²) in [6, 6.07) is 10.1. The van der Waals surface area contributed by atoms with E-state index in [4.69, 9.17) is 4.74 Å². The van der Waals surface area contributed by atoms with Crippen molar-refractivity contribution in [2.75, 3.05) is 0 Å². The van der Waals surface area contributed by atoms with Crippen LogP contribution >= 0.6 is 0 Å². The molecule has 24 heavy (non-hydrogen) atoms. The predicted molar refractivity (Wildman–Crippen MR) is 82.7 cm³/mol. The third-order valence-corrected chi connectivity index (χ3v) is 2.89. The molecule has 0 heterocycles. The van der Waals surface area contributed by atoms with Gasteiger partial charge >= 0.3 is 5.97 Å². The van der Waals surface area contributed by atoms with Crippen molar-refractivity contribution >= 4 is 12.0 Å². The van der Waals surface area contributed by atoms with Crippen LogP contribution in [0.3, 0.4) is 0 Å². The molecular formula is C16H13NO7. The fourth-order valence-electron chi connectivity index (χ4n) is 1.74. The third kappa shape index (κ3) is 5.02. The van der Waals surface area contributed by atoms with E-state index in [1.807, 2.05) is 0 Å². The molecule has 0 aliphatic carbocycles. The molecule has 0 saturated carbocycles. The largest absolute Gasteiger partial charge is 0.504 e. The lowest BCUT2D eigenvalue weighted by atomic mass is 10.2. The Hall–Kier alpha value is -3.55. The highest BCUT2D eigenvalue weighted by Crippen LogP contribution is 2.25. The Labute approximate surface area is 136 Å². The molecule has 0 aliphatic heterocycles. The molecule has 2 aromatic carbocycles. The summed E-state index contributed by atoms with van der Waals surface area (Å²) in [7, 11) is 0. The highest BCUT2D eigenvalue weighted by atomic mass is 16.9. The van der Waals surface area contributed by atoms with Gasteiger partial charge in [-0.05, 0) is 41.5 Å². The van der Waals surface area contributed by atoms with E-state index in [2.05, 4.69) is 4.84 Å². The number of hydrogen-bond acceptors (Lipinski definition) is 7. The van der Waals surface area contributed by atoms with Gasteiger partial charge in [0.15, 0.2) is 11.5 Å². The van der Waals surface area contributed by atoms with Crippen molar-refractivity contribution in [1.29, 1.82) is 0 Å². The minimum absolute atomic E-state index is 0.189. The zero-order chi connectivity index (χ0) is 17.5. The number of carbonyl (C=O) groups excluding carboxylic acids is 1. The molecule has 2 N–H and O–H groups in total. The van der Waals surface area contributed by atoms with Gasteiger partial charge in [-0.1, -0.05) is 18.2 Å². The lowest BCUT2D eigenvalue weighted by molar-refractivity contribution is -0.763. The molecule has 2 rings (SSSR count). The molecule has 0 bridgehead atoms. The normalized spacial score (nSPS) is 10.5. The van der Waals surface area contributed by atoms with Gasteiger partial charge in [0.2, 0.25) is 0 Å². The minimum Gasteiger partial charge on any atom is -0.504 e. The number of carbonyl (C=O) groups is 1. The van der Waals surface area contributed by atoms with Crippen LogP contribution in [0.1, 0.15) is 11.1 Å². The standard InChI is InChI=1S/C16H13NO7/c18-14-7-3-11(9-15(14)19)4-8-16(20)24-13-5-1-12(2-6-13)10-23-17(21)22/h1-9,18-19H,10H2/b8-4+. The summed E-state index contributed by atoms with van der Waals surface area (Å²) >= 11 is 0. The highest BCUT2D eigenvalue weighted by Gasteiger charge is 2.03. The summed E-state index contributed by atoms with van der Waals surface area (Å²) in [5.41, 5.74) is 1.07. The summed E-state index contributed by atoms with van der Waals surface area (Å²) in [6.07, 6.45) is 2.58. The molecule has 0 fully saturated rings. The molecule has 0 aliphatic rings. The fraction of sp³-hybridized carbons (Fsp3) is 0.0625. The van der Waals surface area contributed by atoms with E-state index in [1.54, 1.807) is 0 Å². The molecule has 0 unspecified atom stereocenters. The molecule has 0 atom stereocenters. The van der Waals surface area contributed by atoms with E-state index in [9.17, 15) is 25.1 Å². The number of nitrogens with zero attached hydrogens (tertiary/aromatic N) is 1. The predicted octanol–water partition coefficient (Wildman–Crippen LogP) is 2.42. The number of aromatic hydroxyl groups is 2. The second kappa shape index (κ2) is 7.63. The van der Waals surface area contributed by atoms with Crippen molar-refractivity contribution in [3.63, 3.8) is 0 Å². The van der Waals surface area contributed by atoms with Crippen molar-refractivity contribution in [2.24, 2.45) is 0 Å². The maximum atomic E-state index is 11.7. The number of esters is 1. The van der Waals surface area contributed by atoms with Crippen molar-refractivity contribution in [1.82, 2.24) is 0 Å². The first-order valence-electron chi connectivity index (χ1n) is 6.72. The molecular weight excluding hydrogens is 318 g/mol. The monoisotopic (exact) mass is 331 g/mol. The van der Waals surface area contributed by atoms with E-state index in [-0.39, 0.29) is 23.9 Å². The summed E-state index contributed by atoms with van der Waals surface area (Å²) in [6.45, 7) is -0.189. The molecule has 0 saturated heterocycles. The SMILES string of the molecule is O=C(/C=C/c1ccc(O)c(O)c1)Oc1ccc(CO[N+](=O)[O-])cc1. The topological polar surface area (TPSA) is 119 Å². The van der Waals surface area contributed by atoms with Gasteiger partial charge in [-0.2, -0.15) is 0 Å². The lowest BCUT2D eigenvalue weighted by Gasteiger charge is -2.03. The van der Waals surface area contributed by atoms with Crippen LogP contribution in [0.15, 0.2) is 48.5 Å². The van der Waals surface area contributed by atoms with Crippen LogP contribution in [0, 0.1) is 10.1 Å². The van der Waals surface area contributed by atoms with Crippen LogP contribution in [0.2, 0.25) is 0 Å². The Kier molecular flexibility index (Phi) is 5.35. The van der Waals surface area contributed by atoms with Gasteiger partial charge in [0.25, 0.3) is 5.09 Å². The second-order valence-electron chi connectivity index (χ2n) is 4.64. The first-order chi connectivity index (χ1) is 11.4. The van der Waals surface area contributed by atoms with E-state index in [0.717, 1.165) is 6.08 Å². The van der Waals surface area contributed by atoms with Gasteiger partial charge in [0.1, 0.15) is 12.4 Å². The lowest BCUT2D eigenvalue weighted by Crippen LogP contribution is -2.04. The number of rotatable bonds is 6. The van der Waals surface area contributed by atoms with Gasteiger partial charge in [-0.15, -0.1) is 10.1 Å². The second-order valence-corrected chi connectivity index (χ2v) is 4.64. The molecule has 0 spiro atoms. The Bertz CT molecular complexity index is 768. The Morgan fingerprint density at radius 3 is 2.46 bits per heavy atom. The number of phenols is 2. The molecule has 124 valence electrons. The summed E-state index contributed by atoms with van der Waals surface area (Å²) in [5, 5.41) is 27.7. The van der Waals surface area contributed by atoms with E-state index in [0.29, 0.717) is 11.1 Å². The summed E-state index contributed by atoms with van der Waals surface area (Å²) in [4.78, 5) is 26.0. The van der Waals surface area contributed by atoms with Crippen molar-refractivity contribution in [3.05, 3.63) is 69.8 Å². The first-order valence-corrected chi connectivity index (χ1v) is 6.72. The average Bonchev–Trinajstić information content (AvgIpc) is 2.55. The number of hydrogen-bond donors (Lipinski definition) is 2. The summed E-state index contributed by atoms with van der Waals surface area (Å²) in [5.74, 6) is -0.922. The van der Waals surface area contributed by atoms with E-state index >= 15 is 0 Å². The quantitative estimate of drug-likeness (QED) is 0.208. The smallest absolute Gasteiger partial charge is 0.336 e. The number of ether oxygens (including phenoxy) is 1. The summed E-state index contributed by atoms with van der Waals surface area (Å²) < 4.78 is 5.06. The molecule has 0 amide bonds. The van der Waals surface area contributed by atoms with Crippen molar-refractivity contribution < 1.29 is 29.7 Å². The van der Waals surface area contributed by atoms with Gasteiger partial charge in [-0.25, -0.2) is 4.79 Å². The Balaban J connectivity index is 1.92. The molecule has 0 radical (unpaired) electrons. The number of phenolic OH excluding ortho intramolecular Hbond substituents is 2. The van der Waals surface area contributed by atoms with Crippen molar-refractivity contribution in [2.45, 2.75) is 6.61 Å². The van der Waals surface area contributed by atoms with Gasteiger partial charge in [0.05, 0.1) is 0 Å². The Morgan fingerprint density at radius 1 is 1.12 bits per heavy atom. The third-order valence-electron chi connectivity index (χ3n) is 2.89. The number of benzene rings is 2. The van der Waals surface area contributed by atoms with Crippen LogP contribution in [0.5, 0.6) is 17.2 Å². The average molecular weight is 331 g/mol. The zero-order valence-electron chi connectivity index (χ0n) is 12.3. The molecule has 2 aromatic rings. The van der Waals surface area contributed by atoms with E-state index < -0.39 is 11.1 Å². The van der Waals surface area contributed by atoms with Crippen LogP contribution < -0.4 is 4.74 Å². The maximum Gasteiger partial charge on any atom is 0.336 e. The van der Waals surface area contributed by atoms with Gasteiger partial charge in [-0.3, -0.25) is 0 Å². The first kappa shape index (κ1) is 16.8. The van der Waals surface area contributed by atoms with Crippen LogP contribution in [-0.2, 0) is 16.2 Å². The maximum absolute atomic E-state index is 11.7. The fourth-order valence-corrected chi connectivity index (χ4v) is 1.74. The van der Waals surface area contributed by atoms with Gasteiger partial charge < -0.3 is 19.8 Å². The Morgan fingerprint density at radius 2 is 1.83 bits per heavy atom. The molecule has 8 nitrogen and oxygen atoms in total. The molecule has 0 aromatic heterocycles. The van der Waals surface area contributed by atoms with E-state index in [1.165, 1.54) is 48.5 Å². The minimum atomic E-state index is -0.889. The van der Waals surface area contributed by atoms with Crippen LogP contribution in [0.25, 0.3) is 6.08 Å². The van der Waals surface area contributed by atoms with Crippen LogP contribution in [0.4, 0.5) is 0 Å². The molecule has 8 heteroatoms. The van der Waals surface area contributed by atoms with Crippen LogP contribution in [-0.4, -0.2) is 21.3 Å². The van der Waals surface area contributed by atoms with Gasteiger partial charge in [0, 0.05) is 6.08 Å².